The summed E-state index contributed by atoms with van der Waals surface area (Å²) in [6.07, 6.45) is 8.42. The highest BCUT2D eigenvalue weighted by Crippen LogP contribution is 2.75. The summed E-state index contributed by atoms with van der Waals surface area (Å²) in [5.41, 5.74) is 6.27. The minimum atomic E-state index is -0.622. The summed E-state index contributed by atoms with van der Waals surface area (Å²) in [5, 5.41) is 6.62. The molecular weight excluding hydrogens is 276 g/mol. The maximum atomic E-state index is 12.4. The molecule has 5 nitrogen and oxygen atoms in total. The molecule has 0 aromatic carbocycles. The van der Waals surface area contributed by atoms with Gasteiger partial charge in [0.1, 0.15) is 5.54 Å². The number of amides is 1. The minimum Gasteiger partial charge on any atom is -0.368 e. The Morgan fingerprint density at radius 1 is 1.55 bits per heavy atom. The van der Waals surface area contributed by atoms with Crippen molar-refractivity contribution in [2.45, 2.75) is 38.6 Å². The molecule has 3 fully saturated rings. The fourth-order valence-corrected chi connectivity index (χ4v) is 5.47. The summed E-state index contributed by atoms with van der Waals surface area (Å²) < 4.78 is 0. The SMILES string of the molecule is C[C@@]12CC[C@@H]3C[C@]1(C(N)=O)N(/N=C\c1cccnc1)C[C@]32C. The van der Waals surface area contributed by atoms with Gasteiger partial charge in [0.2, 0.25) is 5.91 Å². The second-order valence-corrected chi connectivity index (χ2v) is 7.50. The van der Waals surface area contributed by atoms with Crippen LogP contribution in [0.5, 0.6) is 0 Å². The van der Waals surface area contributed by atoms with E-state index in [-0.39, 0.29) is 16.7 Å². The van der Waals surface area contributed by atoms with E-state index in [1.54, 1.807) is 18.6 Å². The summed E-state index contributed by atoms with van der Waals surface area (Å²) in [4.78, 5) is 16.5. The van der Waals surface area contributed by atoms with E-state index >= 15 is 0 Å². The van der Waals surface area contributed by atoms with E-state index in [1.165, 1.54) is 6.42 Å². The third-order valence-electron chi connectivity index (χ3n) is 6.97. The molecule has 0 radical (unpaired) electrons. The van der Waals surface area contributed by atoms with Gasteiger partial charge in [-0.2, -0.15) is 5.10 Å². The highest BCUT2D eigenvalue weighted by molar-refractivity contribution is 5.88. The molecule has 2 saturated carbocycles. The van der Waals surface area contributed by atoms with Gasteiger partial charge in [-0.05, 0) is 36.7 Å². The number of carbonyl (C=O) groups excluding carboxylic acids is 1. The summed E-state index contributed by atoms with van der Waals surface area (Å²) in [6.45, 7) is 5.37. The molecular formula is C17H22N4O. The Kier molecular flexibility index (Phi) is 2.55. The van der Waals surface area contributed by atoms with Gasteiger partial charge in [-0.1, -0.05) is 19.9 Å². The number of nitrogens with two attached hydrogens (primary N) is 1. The number of nitrogens with zero attached hydrogens (tertiary/aromatic N) is 3. The highest BCUT2D eigenvalue weighted by Gasteiger charge is 2.80. The van der Waals surface area contributed by atoms with E-state index in [0.29, 0.717) is 5.92 Å². The number of rotatable bonds is 3. The van der Waals surface area contributed by atoms with Crippen molar-refractivity contribution >= 4 is 12.1 Å². The first kappa shape index (κ1) is 13.7. The van der Waals surface area contributed by atoms with E-state index < -0.39 is 5.54 Å². The van der Waals surface area contributed by atoms with Crippen molar-refractivity contribution in [2.75, 3.05) is 6.54 Å². The molecule has 1 amide bonds. The van der Waals surface area contributed by atoms with E-state index in [0.717, 1.165) is 24.9 Å². The molecule has 4 atom stereocenters. The molecule has 4 rings (SSSR count). The van der Waals surface area contributed by atoms with Crippen LogP contribution in [0.3, 0.4) is 0 Å². The lowest BCUT2D eigenvalue weighted by atomic mass is 9.65. The maximum absolute atomic E-state index is 12.4. The Balaban J connectivity index is 1.74. The Morgan fingerprint density at radius 3 is 3.00 bits per heavy atom. The Morgan fingerprint density at radius 2 is 2.36 bits per heavy atom. The number of aromatic nitrogens is 1. The minimum absolute atomic E-state index is 0.0667. The average Bonchev–Trinajstić information content (AvgIpc) is 2.95. The van der Waals surface area contributed by atoms with Crippen LogP contribution in [0, 0.1) is 16.7 Å². The van der Waals surface area contributed by atoms with Crippen molar-refractivity contribution in [1.29, 1.82) is 0 Å². The van der Waals surface area contributed by atoms with Gasteiger partial charge >= 0.3 is 0 Å². The second-order valence-electron chi connectivity index (χ2n) is 7.50. The zero-order valence-corrected chi connectivity index (χ0v) is 13.1. The molecule has 5 heteroatoms. The lowest BCUT2D eigenvalue weighted by Crippen LogP contribution is -2.60. The number of piperidine rings is 1. The molecule has 0 unspecified atom stereocenters. The van der Waals surface area contributed by atoms with Gasteiger partial charge in [0.15, 0.2) is 0 Å². The van der Waals surface area contributed by atoms with Gasteiger partial charge in [-0.25, -0.2) is 0 Å². The molecule has 2 heterocycles. The number of carbonyl (C=O) groups is 1. The zero-order valence-electron chi connectivity index (χ0n) is 13.1. The molecule has 2 aliphatic carbocycles. The van der Waals surface area contributed by atoms with Crippen LogP contribution in [0.2, 0.25) is 0 Å². The topological polar surface area (TPSA) is 71.6 Å². The summed E-state index contributed by atoms with van der Waals surface area (Å²) >= 11 is 0. The number of pyridine rings is 1. The first-order chi connectivity index (χ1) is 10.4. The third kappa shape index (κ3) is 1.33. The second kappa shape index (κ2) is 4.09. The largest absolute Gasteiger partial charge is 0.368 e. The van der Waals surface area contributed by atoms with Crippen molar-refractivity contribution < 1.29 is 4.79 Å². The molecule has 22 heavy (non-hydrogen) atoms. The Hall–Kier alpha value is -1.91. The van der Waals surface area contributed by atoms with Crippen LogP contribution in [-0.4, -0.2) is 34.2 Å². The molecule has 1 aromatic rings. The monoisotopic (exact) mass is 298 g/mol. The molecule has 1 aliphatic heterocycles. The maximum Gasteiger partial charge on any atom is 0.245 e. The predicted octanol–water partition coefficient (Wildman–Crippen LogP) is 1.78. The zero-order chi connectivity index (χ0) is 15.6. The highest BCUT2D eigenvalue weighted by atomic mass is 16.2. The fourth-order valence-electron chi connectivity index (χ4n) is 5.47. The number of primary amides is 1. The van der Waals surface area contributed by atoms with Crippen molar-refractivity contribution in [2.24, 2.45) is 27.6 Å². The van der Waals surface area contributed by atoms with Gasteiger partial charge < -0.3 is 5.73 Å². The van der Waals surface area contributed by atoms with Crippen LogP contribution < -0.4 is 5.73 Å². The van der Waals surface area contributed by atoms with Gasteiger partial charge in [-0.3, -0.25) is 14.8 Å². The van der Waals surface area contributed by atoms with Crippen LogP contribution in [0.15, 0.2) is 29.6 Å². The molecule has 1 saturated heterocycles. The van der Waals surface area contributed by atoms with Crippen LogP contribution >= 0.6 is 0 Å². The molecule has 0 spiro atoms. The number of hydrogen-bond donors (Lipinski definition) is 1. The molecule has 2 N–H and O–H groups in total. The van der Waals surface area contributed by atoms with Crippen LogP contribution in [0.25, 0.3) is 0 Å². The van der Waals surface area contributed by atoms with E-state index in [2.05, 4.69) is 23.9 Å². The first-order valence-electron chi connectivity index (χ1n) is 7.96. The Bertz CT molecular complexity index is 660. The smallest absolute Gasteiger partial charge is 0.245 e. The van der Waals surface area contributed by atoms with Gasteiger partial charge in [0, 0.05) is 29.9 Å². The lowest BCUT2D eigenvalue weighted by molar-refractivity contribution is -0.135. The van der Waals surface area contributed by atoms with E-state index in [1.807, 2.05) is 17.1 Å². The lowest BCUT2D eigenvalue weighted by Gasteiger charge is -2.44. The van der Waals surface area contributed by atoms with Crippen LogP contribution in [-0.2, 0) is 4.79 Å². The standard InChI is InChI=1S/C17H22N4O/c1-15-11-21(20-10-12-4-3-7-19-9-12)17(14(18)22)8-13(15)5-6-16(15,17)2/h3-4,7,9-10,13H,5-6,8,11H2,1-2H3,(H2,18,22)/b20-10-/t13-,15-,16+,17-/m1/s1. The van der Waals surface area contributed by atoms with E-state index in [9.17, 15) is 4.79 Å². The molecule has 3 aliphatic rings. The summed E-state index contributed by atoms with van der Waals surface area (Å²) in [6, 6.07) is 3.84. The van der Waals surface area contributed by atoms with Crippen molar-refractivity contribution in [3.05, 3.63) is 30.1 Å². The number of hydrazone groups is 1. The third-order valence-corrected chi connectivity index (χ3v) is 6.97. The molecule has 4 bridgehead atoms. The fraction of sp³-hybridized carbons (Fsp3) is 0.588. The van der Waals surface area contributed by atoms with Crippen molar-refractivity contribution in [3.63, 3.8) is 0 Å². The summed E-state index contributed by atoms with van der Waals surface area (Å²) in [5.74, 6) is 0.374. The summed E-state index contributed by atoms with van der Waals surface area (Å²) in [7, 11) is 0. The normalized spacial score (nSPS) is 42.5. The molecule has 116 valence electrons. The average molecular weight is 298 g/mol. The van der Waals surface area contributed by atoms with Gasteiger partial charge in [0.25, 0.3) is 0 Å². The predicted molar refractivity (Wildman–Crippen MR) is 84.0 cm³/mol. The number of hydrogen-bond acceptors (Lipinski definition) is 4. The van der Waals surface area contributed by atoms with Crippen molar-refractivity contribution in [3.8, 4) is 0 Å². The van der Waals surface area contributed by atoms with Crippen LogP contribution in [0.1, 0.15) is 38.7 Å². The Labute approximate surface area is 130 Å². The van der Waals surface area contributed by atoms with Crippen molar-refractivity contribution in [1.82, 2.24) is 9.99 Å². The quantitative estimate of drug-likeness (QED) is 0.865. The first-order valence-corrected chi connectivity index (χ1v) is 7.96. The molecule has 1 aromatic heterocycles. The van der Waals surface area contributed by atoms with Gasteiger partial charge in [0.05, 0.1) is 6.21 Å². The van der Waals surface area contributed by atoms with E-state index in [4.69, 9.17) is 5.73 Å². The van der Waals surface area contributed by atoms with Gasteiger partial charge in [-0.15, -0.1) is 0 Å². The van der Waals surface area contributed by atoms with Crippen LogP contribution in [0.4, 0.5) is 0 Å².